The van der Waals surface area contributed by atoms with Gasteiger partial charge in [0.15, 0.2) is 0 Å². The number of carbonyl (C=O) groups excluding carboxylic acids is 2. The molecule has 29 heavy (non-hydrogen) atoms. The molecular weight excluding hydrogens is 368 g/mol. The van der Waals surface area contributed by atoms with Crippen LogP contribution in [0.25, 0.3) is 10.9 Å². The number of rotatable bonds is 9. The van der Waals surface area contributed by atoms with Gasteiger partial charge in [0.1, 0.15) is 0 Å². The van der Waals surface area contributed by atoms with Gasteiger partial charge in [-0.05, 0) is 24.3 Å². The third-order valence-corrected chi connectivity index (χ3v) is 4.80. The van der Waals surface area contributed by atoms with E-state index in [1.54, 1.807) is 17.3 Å². The van der Waals surface area contributed by atoms with E-state index in [-0.39, 0.29) is 6.61 Å². The van der Waals surface area contributed by atoms with Crippen LogP contribution in [-0.4, -0.2) is 34.0 Å². The summed E-state index contributed by atoms with van der Waals surface area (Å²) >= 11 is 0. The van der Waals surface area contributed by atoms with Crippen LogP contribution in [0, 0.1) is 0 Å². The summed E-state index contributed by atoms with van der Waals surface area (Å²) in [4.78, 5) is 31.7. The zero-order valence-corrected chi connectivity index (χ0v) is 15.7. The molecule has 0 atom stereocenters. The van der Waals surface area contributed by atoms with Crippen LogP contribution in [0.15, 0.2) is 67.1 Å². The fourth-order valence-corrected chi connectivity index (χ4v) is 3.49. The Morgan fingerprint density at radius 1 is 1.07 bits per heavy atom. The fourth-order valence-electron chi connectivity index (χ4n) is 3.49. The minimum absolute atomic E-state index is 0.241. The van der Waals surface area contributed by atoms with E-state index in [1.807, 2.05) is 54.7 Å². The molecule has 0 aliphatic heterocycles. The van der Waals surface area contributed by atoms with E-state index in [0.29, 0.717) is 19.4 Å². The van der Waals surface area contributed by atoms with Crippen LogP contribution in [0.2, 0.25) is 0 Å². The molecule has 3 aromatic heterocycles. The standard InChI is InChI=1S/C22H20N4O3/c27-15-26(21-8-11-24-19(21)9-12-29-16-28)22-14-25(13-17-5-3-4-10-23-17)20-7-2-1-6-18(20)22/h1-8,10-11,14-16,24H,9,12-13H2. The smallest absolute Gasteiger partial charge is 0.293 e. The van der Waals surface area contributed by atoms with Gasteiger partial charge in [-0.25, -0.2) is 0 Å². The number of nitrogens with one attached hydrogen (secondary N) is 1. The Bertz CT molecular complexity index is 1120. The summed E-state index contributed by atoms with van der Waals surface area (Å²) in [6.07, 6.45) is 6.80. The minimum Gasteiger partial charge on any atom is -0.467 e. The predicted molar refractivity (Wildman–Crippen MR) is 110 cm³/mol. The van der Waals surface area contributed by atoms with Crippen molar-refractivity contribution in [2.24, 2.45) is 0 Å². The second-order valence-corrected chi connectivity index (χ2v) is 6.51. The van der Waals surface area contributed by atoms with Gasteiger partial charge in [0.25, 0.3) is 6.47 Å². The molecule has 146 valence electrons. The van der Waals surface area contributed by atoms with Gasteiger partial charge in [-0.2, -0.15) is 0 Å². The summed E-state index contributed by atoms with van der Waals surface area (Å²) in [5.74, 6) is 0. The first kappa shape index (κ1) is 18.5. The number of anilines is 2. The molecule has 1 N–H and O–H groups in total. The summed E-state index contributed by atoms with van der Waals surface area (Å²) in [7, 11) is 0. The fraction of sp³-hybridized carbons (Fsp3) is 0.136. The van der Waals surface area contributed by atoms with Crippen LogP contribution in [0.4, 0.5) is 11.4 Å². The maximum Gasteiger partial charge on any atom is 0.293 e. The van der Waals surface area contributed by atoms with Crippen molar-refractivity contribution >= 4 is 35.2 Å². The molecule has 0 spiro atoms. The molecule has 1 amide bonds. The average Bonchev–Trinajstić information content (AvgIpc) is 3.36. The van der Waals surface area contributed by atoms with Gasteiger partial charge in [-0.3, -0.25) is 19.5 Å². The van der Waals surface area contributed by atoms with Crippen LogP contribution in [0.3, 0.4) is 0 Å². The van der Waals surface area contributed by atoms with Crippen molar-refractivity contribution in [1.82, 2.24) is 14.5 Å². The zero-order valence-electron chi connectivity index (χ0n) is 15.7. The van der Waals surface area contributed by atoms with Gasteiger partial charge < -0.3 is 14.3 Å². The molecule has 3 heterocycles. The maximum atomic E-state index is 12.1. The second kappa shape index (κ2) is 8.43. The van der Waals surface area contributed by atoms with E-state index in [2.05, 4.69) is 14.5 Å². The lowest BCUT2D eigenvalue weighted by atomic mass is 10.2. The van der Waals surface area contributed by atoms with Gasteiger partial charge in [-0.15, -0.1) is 0 Å². The molecular formula is C22H20N4O3. The number of hydrogen-bond donors (Lipinski definition) is 1. The van der Waals surface area contributed by atoms with Gasteiger partial charge >= 0.3 is 0 Å². The highest BCUT2D eigenvalue weighted by molar-refractivity contribution is 6.02. The van der Waals surface area contributed by atoms with Crippen molar-refractivity contribution in [1.29, 1.82) is 0 Å². The number of ether oxygens (including phenoxy) is 1. The molecule has 4 rings (SSSR count). The molecule has 0 radical (unpaired) electrons. The largest absolute Gasteiger partial charge is 0.467 e. The van der Waals surface area contributed by atoms with Crippen molar-refractivity contribution in [3.05, 3.63) is 78.5 Å². The van der Waals surface area contributed by atoms with E-state index in [0.717, 1.165) is 40.1 Å². The van der Waals surface area contributed by atoms with Crippen molar-refractivity contribution in [3.8, 4) is 0 Å². The molecule has 0 bridgehead atoms. The Kier molecular flexibility index (Phi) is 5.38. The summed E-state index contributed by atoms with van der Waals surface area (Å²) < 4.78 is 6.89. The SMILES string of the molecule is O=COCCc1[nH]ccc1N(C=O)c1cn(Cc2ccccn2)c2ccccc12. The van der Waals surface area contributed by atoms with Crippen LogP contribution >= 0.6 is 0 Å². The molecule has 0 saturated carbocycles. The zero-order chi connectivity index (χ0) is 20.1. The highest BCUT2D eigenvalue weighted by Crippen LogP contribution is 2.35. The number of pyridine rings is 1. The molecule has 4 aromatic rings. The number of carbonyl (C=O) groups is 2. The molecule has 0 aliphatic rings. The van der Waals surface area contributed by atoms with E-state index in [4.69, 9.17) is 4.74 Å². The van der Waals surface area contributed by atoms with Crippen LogP contribution in [0.1, 0.15) is 11.4 Å². The van der Waals surface area contributed by atoms with Crippen molar-refractivity contribution < 1.29 is 14.3 Å². The van der Waals surface area contributed by atoms with Crippen molar-refractivity contribution in [3.63, 3.8) is 0 Å². The number of aromatic nitrogens is 3. The lowest BCUT2D eigenvalue weighted by Crippen LogP contribution is -2.15. The number of aromatic amines is 1. The number of benzene rings is 1. The molecule has 0 aliphatic carbocycles. The van der Waals surface area contributed by atoms with Gasteiger partial charge in [0.05, 0.1) is 35.7 Å². The summed E-state index contributed by atoms with van der Waals surface area (Å²) in [5.41, 5.74) is 4.28. The number of amides is 1. The number of para-hydroxylation sites is 1. The third kappa shape index (κ3) is 3.75. The monoisotopic (exact) mass is 388 g/mol. The molecule has 0 saturated heterocycles. The topological polar surface area (TPSA) is 80.2 Å². The van der Waals surface area contributed by atoms with E-state index >= 15 is 0 Å². The second-order valence-electron chi connectivity index (χ2n) is 6.51. The summed E-state index contributed by atoms with van der Waals surface area (Å²) in [5, 5.41) is 0.965. The van der Waals surface area contributed by atoms with Crippen LogP contribution in [-0.2, 0) is 27.3 Å². The first-order valence-electron chi connectivity index (χ1n) is 9.25. The molecule has 0 fully saturated rings. The number of fused-ring (bicyclic) bond motifs is 1. The Balaban J connectivity index is 1.74. The number of nitrogens with zero attached hydrogens (tertiary/aromatic N) is 3. The lowest BCUT2D eigenvalue weighted by molar-refractivity contribution is -0.128. The normalized spacial score (nSPS) is 10.8. The highest BCUT2D eigenvalue weighted by Gasteiger charge is 2.19. The number of hydrogen-bond acceptors (Lipinski definition) is 4. The Morgan fingerprint density at radius 3 is 2.72 bits per heavy atom. The molecule has 0 unspecified atom stereocenters. The average molecular weight is 388 g/mol. The highest BCUT2D eigenvalue weighted by atomic mass is 16.5. The van der Waals surface area contributed by atoms with Gasteiger partial charge in [0.2, 0.25) is 6.41 Å². The van der Waals surface area contributed by atoms with Crippen molar-refractivity contribution in [2.75, 3.05) is 11.5 Å². The number of H-pyrrole nitrogens is 1. The third-order valence-electron chi connectivity index (χ3n) is 4.80. The Morgan fingerprint density at radius 2 is 1.93 bits per heavy atom. The maximum absolute atomic E-state index is 12.1. The predicted octanol–water partition coefficient (Wildman–Crippen LogP) is 3.42. The first-order chi connectivity index (χ1) is 14.3. The first-order valence-corrected chi connectivity index (χ1v) is 9.25. The lowest BCUT2D eigenvalue weighted by Gasteiger charge is -2.17. The van der Waals surface area contributed by atoms with Gasteiger partial charge in [0, 0.05) is 36.1 Å². The summed E-state index contributed by atoms with van der Waals surface area (Å²) in [6.45, 7) is 1.26. The van der Waals surface area contributed by atoms with E-state index in [1.165, 1.54) is 0 Å². The van der Waals surface area contributed by atoms with E-state index < -0.39 is 0 Å². The summed E-state index contributed by atoms with van der Waals surface area (Å²) in [6, 6.07) is 15.6. The van der Waals surface area contributed by atoms with Crippen LogP contribution < -0.4 is 4.90 Å². The Hall–Kier alpha value is -3.87. The van der Waals surface area contributed by atoms with E-state index in [9.17, 15) is 9.59 Å². The quantitative estimate of drug-likeness (QED) is 0.352. The van der Waals surface area contributed by atoms with Gasteiger partial charge in [-0.1, -0.05) is 24.3 Å². The molecule has 7 heteroatoms. The minimum atomic E-state index is 0.241. The van der Waals surface area contributed by atoms with Crippen molar-refractivity contribution in [2.45, 2.75) is 13.0 Å². The Labute approximate surface area is 167 Å². The molecule has 1 aromatic carbocycles. The molecule has 7 nitrogen and oxygen atoms in total. The van der Waals surface area contributed by atoms with Crippen LogP contribution in [0.5, 0.6) is 0 Å².